The second kappa shape index (κ2) is 6.12. The van der Waals surface area contributed by atoms with Gasteiger partial charge in [0.2, 0.25) is 0 Å². The van der Waals surface area contributed by atoms with Crippen LogP contribution in [0.5, 0.6) is 0 Å². The van der Waals surface area contributed by atoms with E-state index in [2.05, 4.69) is 4.90 Å². The van der Waals surface area contributed by atoms with Gasteiger partial charge in [-0.3, -0.25) is 9.69 Å². The first-order chi connectivity index (χ1) is 9.76. The molecule has 1 aromatic rings. The standard InChI is InChI=1S/C16H23FN2O2/c1-12-4-5-13(14(17)10-12)15(20)19-8-6-18(7-9-19)11-16(2,3)21/h4-5,10,21H,6-9,11H2,1-3H3. The van der Waals surface area contributed by atoms with E-state index >= 15 is 0 Å². The molecule has 1 fully saturated rings. The van der Waals surface area contributed by atoms with Crippen molar-refractivity contribution >= 4 is 5.91 Å². The van der Waals surface area contributed by atoms with Gasteiger partial charge < -0.3 is 10.0 Å². The van der Waals surface area contributed by atoms with Crippen molar-refractivity contribution < 1.29 is 14.3 Å². The number of β-amino-alcohol motifs (C(OH)–C–C–N with tert-alkyl or cyclic N) is 1. The highest BCUT2D eigenvalue weighted by molar-refractivity contribution is 5.94. The van der Waals surface area contributed by atoms with Crippen molar-refractivity contribution in [3.63, 3.8) is 0 Å². The van der Waals surface area contributed by atoms with Gasteiger partial charge in [-0.25, -0.2) is 4.39 Å². The minimum atomic E-state index is -0.741. The van der Waals surface area contributed by atoms with E-state index < -0.39 is 11.4 Å². The van der Waals surface area contributed by atoms with E-state index in [1.807, 2.05) is 0 Å². The van der Waals surface area contributed by atoms with Crippen LogP contribution in [0.4, 0.5) is 4.39 Å². The number of nitrogens with zero attached hydrogens (tertiary/aromatic N) is 2. The van der Waals surface area contributed by atoms with Crippen LogP contribution < -0.4 is 0 Å². The summed E-state index contributed by atoms with van der Waals surface area (Å²) < 4.78 is 13.9. The van der Waals surface area contributed by atoms with Crippen LogP contribution >= 0.6 is 0 Å². The Morgan fingerprint density at radius 1 is 1.29 bits per heavy atom. The van der Waals surface area contributed by atoms with Gasteiger partial charge in [0.25, 0.3) is 5.91 Å². The van der Waals surface area contributed by atoms with Crippen LogP contribution in [0.15, 0.2) is 18.2 Å². The number of halogens is 1. The van der Waals surface area contributed by atoms with E-state index in [4.69, 9.17) is 0 Å². The molecule has 21 heavy (non-hydrogen) atoms. The zero-order valence-electron chi connectivity index (χ0n) is 12.9. The number of piperazine rings is 1. The van der Waals surface area contributed by atoms with Gasteiger partial charge >= 0.3 is 0 Å². The van der Waals surface area contributed by atoms with Crippen molar-refractivity contribution in [3.05, 3.63) is 35.1 Å². The van der Waals surface area contributed by atoms with E-state index in [9.17, 15) is 14.3 Å². The molecule has 0 aliphatic carbocycles. The molecule has 1 aliphatic rings. The quantitative estimate of drug-likeness (QED) is 0.922. The van der Waals surface area contributed by atoms with E-state index in [1.54, 1.807) is 37.8 Å². The lowest BCUT2D eigenvalue weighted by Gasteiger charge is -2.37. The monoisotopic (exact) mass is 294 g/mol. The molecule has 0 aromatic heterocycles. The Morgan fingerprint density at radius 2 is 1.90 bits per heavy atom. The average Bonchev–Trinajstić information content (AvgIpc) is 2.37. The van der Waals surface area contributed by atoms with Crippen LogP contribution in [0, 0.1) is 12.7 Å². The zero-order chi connectivity index (χ0) is 15.6. The van der Waals surface area contributed by atoms with Crippen LogP contribution in [0.1, 0.15) is 29.8 Å². The van der Waals surface area contributed by atoms with Gasteiger partial charge in [-0.05, 0) is 38.5 Å². The smallest absolute Gasteiger partial charge is 0.256 e. The van der Waals surface area contributed by atoms with Crippen molar-refractivity contribution in [2.24, 2.45) is 0 Å². The van der Waals surface area contributed by atoms with Crippen LogP contribution in [-0.2, 0) is 0 Å². The second-order valence-electron chi connectivity index (χ2n) is 6.36. The van der Waals surface area contributed by atoms with Crippen LogP contribution in [0.2, 0.25) is 0 Å². The lowest BCUT2D eigenvalue weighted by atomic mass is 10.1. The molecule has 0 spiro atoms. The Bertz CT molecular complexity index is 517. The Kier molecular flexibility index (Phi) is 4.64. The van der Waals surface area contributed by atoms with E-state index in [0.29, 0.717) is 32.7 Å². The maximum absolute atomic E-state index is 13.9. The summed E-state index contributed by atoms with van der Waals surface area (Å²) in [5, 5.41) is 9.81. The second-order valence-corrected chi connectivity index (χ2v) is 6.36. The summed E-state index contributed by atoms with van der Waals surface area (Å²) in [7, 11) is 0. The largest absolute Gasteiger partial charge is 0.389 e. The molecular formula is C16H23FN2O2. The first kappa shape index (κ1) is 15.9. The summed E-state index contributed by atoms with van der Waals surface area (Å²) in [6, 6.07) is 4.69. The highest BCUT2D eigenvalue weighted by Crippen LogP contribution is 2.15. The molecule has 4 nitrogen and oxygen atoms in total. The fourth-order valence-electron chi connectivity index (χ4n) is 2.62. The van der Waals surface area contributed by atoms with Crippen molar-refractivity contribution in [1.29, 1.82) is 0 Å². The molecule has 1 amide bonds. The van der Waals surface area contributed by atoms with Crippen LogP contribution in [0.25, 0.3) is 0 Å². The van der Waals surface area contributed by atoms with Crippen molar-refractivity contribution in [2.75, 3.05) is 32.7 Å². The molecule has 1 saturated heterocycles. The van der Waals surface area contributed by atoms with E-state index in [1.165, 1.54) is 6.07 Å². The van der Waals surface area contributed by atoms with Crippen LogP contribution in [-0.4, -0.2) is 59.1 Å². The molecule has 1 heterocycles. The number of hydrogen-bond acceptors (Lipinski definition) is 3. The first-order valence-electron chi connectivity index (χ1n) is 7.26. The van der Waals surface area contributed by atoms with Gasteiger partial charge in [-0.15, -0.1) is 0 Å². The van der Waals surface area contributed by atoms with E-state index in [0.717, 1.165) is 5.56 Å². The maximum Gasteiger partial charge on any atom is 0.256 e. The lowest BCUT2D eigenvalue weighted by molar-refractivity contribution is 0.0178. The van der Waals surface area contributed by atoms with Gasteiger partial charge in [0.1, 0.15) is 5.82 Å². The normalized spacial score (nSPS) is 17.1. The number of carbonyl (C=O) groups excluding carboxylic acids is 1. The molecular weight excluding hydrogens is 271 g/mol. The highest BCUT2D eigenvalue weighted by atomic mass is 19.1. The first-order valence-corrected chi connectivity index (χ1v) is 7.26. The molecule has 1 N–H and O–H groups in total. The Hall–Kier alpha value is -1.46. The molecule has 1 aliphatic heterocycles. The predicted molar refractivity (Wildman–Crippen MR) is 79.8 cm³/mol. The summed E-state index contributed by atoms with van der Waals surface area (Å²) in [6.45, 7) is 8.43. The fraction of sp³-hybridized carbons (Fsp3) is 0.562. The Balaban J connectivity index is 1.97. The minimum Gasteiger partial charge on any atom is -0.389 e. The van der Waals surface area contributed by atoms with Crippen molar-refractivity contribution in [1.82, 2.24) is 9.80 Å². The van der Waals surface area contributed by atoms with Gasteiger partial charge in [0.05, 0.1) is 11.2 Å². The number of amides is 1. The number of benzene rings is 1. The summed E-state index contributed by atoms with van der Waals surface area (Å²) in [5.74, 6) is -0.714. The summed E-state index contributed by atoms with van der Waals surface area (Å²) in [4.78, 5) is 16.1. The van der Waals surface area contributed by atoms with Gasteiger partial charge in [-0.1, -0.05) is 6.07 Å². The van der Waals surface area contributed by atoms with Crippen LogP contribution in [0.3, 0.4) is 0 Å². The zero-order valence-corrected chi connectivity index (χ0v) is 12.9. The summed E-state index contributed by atoms with van der Waals surface area (Å²) in [5.41, 5.74) is 0.200. The third kappa shape index (κ3) is 4.25. The highest BCUT2D eigenvalue weighted by Gasteiger charge is 2.26. The minimum absolute atomic E-state index is 0.136. The molecule has 5 heteroatoms. The third-order valence-electron chi connectivity index (χ3n) is 3.63. The summed E-state index contributed by atoms with van der Waals surface area (Å²) in [6.07, 6.45) is 0. The molecule has 0 unspecified atom stereocenters. The molecule has 116 valence electrons. The molecule has 0 bridgehead atoms. The number of carbonyl (C=O) groups is 1. The van der Waals surface area contributed by atoms with E-state index in [-0.39, 0.29) is 11.5 Å². The van der Waals surface area contributed by atoms with Crippen molar-refractivity contribution in [3.8, 4) is 0 Å². The maximum atomic E-state index is 13.9. The predicted octanol–water partition coefficient (Wildman–Crippen LogP) is 1.66. The molecule has 2 rings (SSSR count). The third-order valence-corrected chi connectivity index (χ3v) is 3.63. The van der Waals surface area contributed by atoms with Gasteiger partial charge in [-0.2, -0.15) is 0 Å². The van der Waals surface area contributed by atoms with Gasteiger partial charge in [0.15, 0.2) is 0 Å². The number of aliphatic hydroxyl groups is 1. The molecule has 0 radical (unpaired) electrons. The molecule has 0 saturated carbocycles. The Morgan fingerprint density at radius 3 is 2.43 bits per heavy atom. The Labute approximate surface area is 125 Å². The molecule has 0 atom stereocenters. The summed E-state index contributed by atoms with van der Waals surface area (Å²) >= 11 is 0. The van der Waals surface area contributed by atoms with Gasteiger partial charge in [0, 0.05) is 32.7 Å². The fourth-order valence-corrected chi connectivity index (χ4v) is 2.62. The van der Waals surface area contributed by atoms with Crippen molar-refractivity contribution in [2.45, 2.75) is 26.4 Å². The number of rotatable bonds is 3. The average molecular weight is 294 g/mol. The number of aryl methyl sites for hydroxylation is 1. The molecule has 1 aromatic carbocycles. The lowest BCUT2D eigenvalue weighted by Crippen LogP contribution is -2.52. The number of hydrogen-bond donors (Lipinski definition) is 1. The SMILES string of the molecule is Cc1ccc(C(=O)N2CCN(CC(C)(C)O)CC2)c(F)c1. The topological polar surface area (TPSA) is 43.8 Å².